The Hall–Kier alpha value is -5.49. The second kappa shape index (κ2) is 8.78. The summed E-state index contributed by atoms with van der Waals surface area (Å²) in [5.74, 6) is 1.50. The Morgan fingerprint density at radius 2 is 1.55 bits per heavy atom. The van der Waals surface area contributed by atoms with Crippen LogP contribution < -0.4 is 0 Å². The van der Waals surface area contributed by atoms with Gasteiger partial charge in [-0.05, 0) is 54.6 Å². The molecule has 0 aliphatic heterocycles. The zero-order valence-corrected chi connectivity index (χ0v) is 21.7. The summed E-state index contributed by atoms with van der Waals surface area (Å²) >= 11 is 0. The molecule has 0 atom stereocenters. The van der Waals surface area contributed by atoms with Gasteiger partial charge in [0, 0.05) is 58.8 Å². The molecule has 0 amide bonds. The van der Waals surface area contributed by atoms with Gasteiger partial charge >= 0.3 is 0 Å². The van der Waals surface area contributed by atoms with E-state index >= 15 is 0 Å². The lowest BCUT2D eigenvalue weighted by Crippen LogP contribution is -1.98. The van der Waals surface area contributed by atoms with Gasteiger partial charge in [0.1, 0.15) is 11.3 Å². The number of para-hydroxylation sites is 3. The van der Waals surface area contributed by atoms with Gasteiger partial charge in [-0.1, -0.05) is 48.5 Å². The molecule has 0 N–H and O–H groups in total. The predicted molar refractivity (Wildman–Crippen MR) is 159 cm³/mol. The number of hydrogen-bond acceptors (Lipinski definition) is 4. The smallest absolute Gasteiger partial charge is 0.227 e. The van der Waals surface area contributed by atoms with E-state index in [1.807, 2.05) is 60.5 Å². The van der Waals surface area contributed by atoms with Crippen LogP contribution in [0.25, 0.3) is 72.7 Å². The molecule has 190 valence electrons. The Balaban J connectivity index is 1.34. The highest BCUT2D eigenvalue weighted by atomic mass is 16.3. The molecule has 6 heteroatoms. The van der Waals surface area contributed by atoms with Crippen LogP contribution in [0.1, 0.15) is 0 Å². The van der Waals surface area contributed by atoms with E-state index in [0.29, 0.717) is 5.89 Å². The molecule has 0 aliphatic carbocycles. The van der Waals surface area contributed by atoms with Crippen LogP contribution in [0.5, 0.6) is 0 Å². The number of fused-ring (bicyclic) bond motifs is 4. The number of imidazole rings is 1. The number of aromatic nitrogens is 5. The molecule has 0 saturated carbocycles. The molecule has 0 radical (unpaired) electrons. The highest BCUT2D eigenvalue weighted by molar-refractivity contribution is 6.10. The first-order valence-corrected chi connectivity index (χ1v) is 13.2. The van der Waals surface area contributed by atoms with Gasteiger partial charge in [-0.2, -0.15) is 0 Å². The number of pyridine rings is 1. The van der Waals surface area contributed by atoms with Crippen molar-refractivity contribution < 1.29 is 4.42 Å². The summed E-state index contributed by atoms with van der Waals surface area (Å²) in [6.07, 6.45) is 5.60. The number of rotatable bonds is 4. The first kappa shape index (κ1) is 22.5. The number of aryl methyl sites for hydroxylation is 1. The summed E-state index contributed by atoms with van der Waals surface area (Å²) in [6, 6.07) is 35.4. The van der Waals surface area contributed by atoms with E-state index < -0.39 is 0 Å². The Labute approximate surface area is 229 Å². The van der Waals surface area contributed by atoms with Gasteiger partial charge in [-0.3, -0.25) is 4.98 Å². The molecular weight excluding hydrogens is 494 g/mol. The maximum absolute atomic E-state index is 6.12. The molecule has 0 bridgehead atoms. The fraction of sp³-hybridized carbons (Fsp3) is 0.0294. The van der Waals surface area contributed by atoms with Crippen LogP contribution >= 0.6 is 0 Å². The van der Waals surface area contributed by atoms with E-state index in [2.05, 4.69) is 82.3 Å². The van der Waals surface area contributed by atoms with Gasteiger partial charge in [0.2, 0.25) is 5.89 Å². The summed E-state index contributed by atoms with van der Waals surface area (Å²) < 4.78 is 10.4. The molecule has 8 aromatic rings. The van der Waals surface area contributed by atoms with Crippen molar-refractivity contribution in [2.75, 3.05) is 0 Å². The molecule has 0 unspecified atom stereocenters. The van der Waals surface area contributed by atoms with Crippen LogP contribution in [-0.2, 0) is 7.05 Å². The molecular formula is C34H23N5O. The summed E-state index contributed by atoms with van der Waals surface area (Å²) in [4.78, 5) is 14.1. The zero-order chi connectivity index (χ0) is 26.6. The van der Waals surface area contributed by atoms with Crippen molar-refractivity contribution in [3.05, 3.63) is 122 Å². The van der Waals surface area contributed by atoms with E-state index in [4.69, 9.17) is 14.4 Å². The SMILES string of the molecule is Cn1ccnc1-c1cccnc1-c1cccc(-n2c3ccccc3c3ccc(-c4nc5ccccc5o4)cc32)c1. The summed E-state index contributed by atoms with van der Waals surface area (Å²) in [5.41, 5.74) is 8.75. The van der Waals surface area contributed by atoms with Crippen molar-refractivity contribution in [1.29, 1.82) is 0 Å². The van der Waals surface area contributed by atoms with Crippen LogP contribution in [0, 0.1) is 0 Å². The number of hydrogen-bond donors (Lipinski definition) is 0. The molecule has 0 aliphatic rings. The normalized spacial score (nSPS) is 11.6. The quantitative estimate of drug-likeness (QED) is 0.237. The standard InChI is InChI=1S/C34H23N5O/c1-38-19-18-36-33(38)27-11-7-17-35-32(27)22-8-6-9-24(20-22)39-29-13-4-2-10-25(29)26-16-15-23(21-30(26)39)34-37-28-12-3-5-14-31(28)40-34/h2-21H,1H3. The van der Waals surface area contributed by atoms with Crippen molar-refractivity contribution in [3.63, 3.8) is 0 Å². The third-order valence-corrected chi connectivity index (χ3v) is 7.46. The molecule has 8 rings (SSSR count). The first-order chi connectivity index (χ1) is 19.7. The third-order valence-electron chi connectivity index (χ3n) is 7.46. The fourth-order valence-electron chi connectivity index (χ4n) is 5.61. The predicted octanol–water partition coefficient (Wildman–Crippen LogP) is 8.05. The maximum atomic E-state index is 6.12. The topological polar surface area (TPSA) is 61.7 Å². The Morgan fingerprint density at radius 1 is 0.675 bits per heavy atom. The van der Waals surface area contributed by atoms with E-state index in [0.717, 1.165) is 56.0 Å². The first-order valence-electron chi connectivity index (χ1n) is 13.2. The average molecular weight is 518 g/mol. The van der Waals surface area contributed by atoms with Crippen LogP contribution in [0.3, 0.4) is 0 Å². The summed E-state index contributed by atoms with van der Waals surface area (Å²) in [7, 11) is 2.00. The largest absolute Gasteiger partial charge is 0.436 e. The minimum absolute atomic E-state index is 0.613. The van der Waals surface area contributed by atoms with E-state index in [-0.39, 0.29) is 0 Å². The van der Waals surface area contributed by atoms with E-state index in [1.54, 1.807) is 0 Å². The van der Waals surface area contributed by atoms with Gasteiger partial charge < -0.3 is 13.6 Å². The van der Waals surface area contributed by atoms with Gasteiger partial charge in [0.05, 0.1) is 16.7 Å². The second-order valence-corrected chi connectivity index (χ2v) is 9.88. The number of oxazole rings is 1. The van der Waals surface area contributed by atoms with Gasteiger partial charge in [0.15, 0.2) is 5.58 Å². The van der Waals surface area contributed by atoms with Crippen LogP contribution in [-0.4, -0.2) is 24.1 Å². The molecule has 0 fully saturated rings. The number of nitrogens with zero attached hydrogens (tertiary/aromatic N) is 5. The van der Waals surface area contributed by atoms with Crippen LogP contribution in [0.15, 0.2) is 126 Å². The van der Waals surface area contributed by atoms with Crippen LogP contribution in [0.4, 0.5) is 0 Å². The van der Waals surface area contributed by atoms with Crippen molar-refractivity contribution in [1.82, 2.24) is 24.1 Å². The molecule has 4 aromatic carbocycles. The summed E-state index contributed by atoms with van der Waals surface area (Å²) in [6.45, 7) is 0. The Morgan fingerprint density at radius 3 is 2.45 bits per heavy atom. The van der Waals surface area contributed by atoms with E-state index in [1.165, 1.54) is 10.8 Å². The van der Waals surface area contributed by atoms with Gasteiger partial charge in [-0.15, -0.1) is 0 Å². The fourth-order valence-corrected chi connectivity index (χ4v) is 5.61. The lowest BCUT2D eigenvalue weighted by atomic mass is 10.0. The molecule has 40 heavy (non-hydrogen) atoms. The molecule has 4 heterocycles. The van der Waals surface area contributed by atoms with Crippen molar-refractivity contribution in [3.8, 4) is 39.8 Å². The van der Waals surface area contributed by atoms with Gasteiger partial charge in [-0.25, -0.2) is 9.97 Å². The Bertz CT molecular complexity index is 2170. The van der Waals surface area contributed by atoms with Crippen molar-refractivity contribution in [2.24, 2.45) is 7.05 Å². The average Bonchev–Trinajstić information content (AvgIpc) is 3.72. The highest BCUT2D eigenvalue weighted by Gasteiger charge is 2.17. The minimum atomic E-state index is 0.613. The molecule has 0 spiro atoms. The Kier molecular flexibility index (Phi) is 4.94. The minimum Gasteiger partial charge on any atom is -0.436 e. The highest BCUT2D eigenvalue weighted by Crippen LogP contribution is 2.37. The summed E-state index contributed by atoms with van der Waals surface area (Å²) in [5, 5.41) is 2.37. The van der Waals surface area contributed by atoms with Crippen molar-refractivity contribution >= 4 is 32.9 Å². The number of benzene rings is 4. The second-order valence-electron chi connectivity index (χ2n) is 9.88. The molecule has 4 aromatic heterocycles. The zero-order valence-electron chi connectivity index (χ0n) is 21.7. The lowest BCUT2D eigenvalue weighted by molar-refractivity contribution is 0.620. The molecule has 6 nitrogen and oxygen atoms in total. The monoisotopic (exact) mass is 517 g/mol. The van der Waals surface area contributed by atoms with Crippen LogP contribution in [0.2, 0.25) is 0 Å². The molecule has 0 saturated heterocycles. The lowest BCUT2D eigenvalue weighted by Gasteiger charge is -2.12. The van der Waals surface area contributed by atoms with Gasteiger partial charge in [0.25, 0.3) is 0 Å². The maximum Gasteiger partial charge on any atom is 0.227 e. The van der Waals surface area contributed by atoms with Crippen molar-refractivity contribution in [2.45, 2.75) is 0 Å². The third kappa shape index (κ3) is 3.47. The van der Waals surface area contributed by atoms with E-state index in [9.17, 15) is 0 Å².